The van der Waals surface area contributed by atoms with Gasteiger partial charge in [-0.3, -0.25) is 13.9 Å². The maximum Gasteiger partial charge on any atom is 0.229 e. The van der Waals surface area contributed by atoms with Crippen molar-refractivity contribution in [2.45, 2.75) is 17.3 Å². The number of aromatic nitrogens is 3. The van der Waals surface area contributed by atoms with E-state index in [-0.39, 0.29) is 5.78 Å². The summed E-state index contributed by atoms with van der Waals surface area (Å²) in [4.78, 5) is 12.7. The maximum atomic E-state index is 12.7. The zero-order chi connectivity index (χ0) is 19.8. The third-order valence-corrected chi connectivity index (χ3v) is 5.67. The number of pyridine rings is 1. The predicted octanol–water partition coefficient (Wildman–Crippen LogP) is 3.77. The molecule has 1 aromatic carbocycles. The Morgan fingerprint density at radius 3 is 2.52 bits per heavy atom. The Hall–Kier alpha value is -1.81. The average Bonchev–Trinajstić information content (AvgIpc) is 2.96. The molecule has 0 saturated carbocycles. The van der Waals surface area contributed by atoms with Gasteiger partial charge in [-0.2, -0.15) is 0 Å². The van der Waals surface area contributed by atoms with Crippen molar-refractivity contribution in [3.63, 3.8) is 0 Å². The van der Waals surface area contributed by atoms with Crippen molar-refractivity contribution in [2.24, 2.45) is 0 Å². The van der Waals surface area contributed by atoms with Gasteiger partial charge < -0.3 is 0 Å². The summed E-state index contributed by atoms with van der Waals surface area (Å²) in [6.07, 6.45) is 2.69. The van der Waals surface area contributed by atoms with Gasteiger partial charge in [0.2, 0.25) is 10.0 Å². The van der Waals surface area contributed by atoms with E-state index in [1.807, 2.05) is 0 Å². The van der Waals surface area contributed by atoms with Crippen molar-refractivity contribution in [3.8, 4) is 0 Å². The summed E-state index contributed by atoms with van der Waals surface area (Å²) < 4.78 is 26.5. The van der Waals surface area contributed by atoms with E-state index in [2.05, 4.69) is 14.9 Å². The second-order valence-electron chi connectivity index (χ2n) is 5.76. The van der Waals surface area contributed by atoms with Crippen LogP contribution in [0.3, 0.4) is 0 Å². The number of carbonyl (C=O) groups excluding carboxylic acids is 1. The molecule has 0 saturated heterocycles. The number of thioether (sulfide) groups is 1. The van der Waals surface area contributed by atoms with E-state index < -0.39 is 15.3 Å². The summed E-state index contributed by atoms with van der Waals surface area (Å²) in [6, 6.07) is 7.79. The van der Waals surface area contributed by atoms with Crippen LogP contribution in [0.25, 0.3) is 5.65 Å². The molecule has 0 aliphatic heterocycles. The molecule has 0 spiro atoms. The summed E-state index contributed by atoms with van der Waals surface area (Å²) in [5.74, 6) is -0.129. The molecule has 0 fully saturated rings. The third kappa shape index (κ3) is 4.73. The van der Waals surface area contributed by atoms with Crippen LogP contribution in [0.15, 0.2) is 41.7 Å². The van der Waals surface area contributed by atoms with Crippen LogP contribution in [0.2, 0.25) is 10.0 Å². The molecule has 142 valence electrons. The van der Waals surface area contributed by atoms with Crippen LogP contribution in [0.5, 0.6) is 0 Å². The third-order valence-electron chi connectivity index (χ3n) is 3.52. The molecule has 7 nitrogen and oxygen atoms in total. The number of halogens is 2. The zero-order valence-electron chi connectivity index (χ0n) is 14.2. The molecule has 0 aliphatic carbocycles. The molecule has 0 radical (unpaired) electrons. The Morgan fingerprint density at radius 1 is 1.22 bits per heavy atom. The summed E-state index contributed by atoms with van der Waals surface area (Å²) in [6.45, 7) is 1.75. The second-order valence-corrected chi connectivity index (χ2v) is 9.66. The highest BCUT2D eigenvalue weighted by atomic mass is 35.5. The highest BCUT2D eigenvalue weighted by molar-refractivity contribution is 8.00. The Morgan fingerprint density at radius 2 is 1.89 bits per heavy atom. The number of fused-ring (bicyclic) bond motifs is 1. The number of hydrogen-bond acceptors (Lipinski definition) is 6. The van der Waals surface area contributed by atoms with Gasteiger partial charge in [0.25, 0.3) is 0 Å². The number of Topliss-reactive ketones (excluding diaryl/α,β-unsaturated/α-hetero) is 1. The van der Waals surface area contributed by atoms with Crippen LogP contribution in [0.1, 0.15) is 17.3 Å². The van der Waals surface area contributed by atoms with Gasteiger partial charge >= 0.3 is 0 Å². The highest BCUT2D eigenvalue weighted by Crippen LogP contribution is 2.29. The second kappa shape index (κ2) is 7.67. The molecule has 1 unspecified atom stereocenters. The number of hydrogen-bond donors (Lipinski definition) is 1. The summed E-state index contributed by atoms with van der Waals surface area (Å²) >= 11 is 13.3. The average molecular weight is 445 g/mol. The fourth-order valence-corrected chi connectivity index (χ4v) is 4.32. The lowest BCUT2D eigenvalue weighted by atomic mass is 10.1. The molecule has 0 aliphatic rings. The number of anilines is 1. The normalized spacial score (nSPS) is 12.9. The van der Waals surface area contributed by atoms with Crippen molar-refractivity contribution in [1.29, 1.82) is 0 Å². The number of rotatable bonds is 6. The number of ketones is 1. The number of carbonyl (C=O) groups is 1. The Bertz CT molecular complexity index is 1110. The summed E-state index contributed by atoms with van der Waals surface area (Å²) in [7, 11) is -3.37. The maximum absolute atomic E-state index is 12.7. The predicted molar refractivity (Wildman–Crippen MR) is 108 cm³/mol. The number of nitrogens with zero attached hydrogens (tertiary/aromatic N) is 3. The van der Waals surface area contributed by atoms with E-state index in [0.717, 1.165) is 6.26 Å². The molecular formula is C16H14Cl2N4O3S2. The van der Waals surface area contributed by atoms with Crippen molar-refractivity contribution in [1.82, 2.24) is 14.6 Å². The lowest BCUT2D eigenvalue weighted by Crippen LogP contribution is -2.14. The summed E-state index contributed by atoms with van der Waals surface area (Å²) in [5.41, 5.74) is 1.31. The first-order valence-corrected chi connectivity index (χ1v) is 11.2. The minimum absolute atomic E-state index is 0.129. The van der Waals surface area contributed by atoms with E-state index in [1.54, 1.807) is 35.7 Å². The molecular weight excluding hydrogens is 431 g/mol. The van der Waals surface area contributed by atoms with Gasteiger partial charge in [-0.25, -0.2) is 8.42 Å². The van der Waals surface area contributed by atoms with Crippen molar-refractivity contribution in [3.05, 3.63) is 52.1 Å². The fraction of sp³-hybridized carbons (Fsp3) is 0.188. The Kier molecular flexibility index (Phi) is 5.66. The molecule has 1 atom stereocenters. The van der Waals surface area contributed by atoms with Crippen LogP contribution in [0.4, 0.5) is 5.69 Å². The number of sulfonamides is 1. The van der Waals surface area contributed by atoms with Crippen molar-refractivity contribution >= 4 is 62.1 Å². The Balaban J connectivity index is 1.78. The first-order chi connectivity index (χ1) is 12.6. The van der Waals surface area contributed by atoms with E-state index in [9.17, 15) is 13.2 Å². The van der Waals surface area contributed by atoms with Gasteiger partial charge in [0, 0.05) is 17.4 Å². The van der Waals surface area contributed by atoms with E-state index in [1.165, 1.54) is 23.9 Å². The van der Waals surface area contributed by atoms with Crippen LogP contribution in [-0.4, -0.2) is 40.3 Å². The molecule has 0 bridgehead atoms. The minimum Gasteiger partial charge on any atom is -0.293 e. The molecule has 11 heteroatoms. The monoisotopic (exact) mass is 444 g/mol. The van der Waals surface area contributed by atoms with Crippen molar-refractivity contribution < 1.29 is 13.2 Å². The molecule has 0 amide bonds. The first-order valence-electron chi connectivity index (χ1n) is 7.62. The smallest absolute Gasteiger partial charge is 0.229 e. The van der Waals surface area contributed by atoms with E-state index in [0.29, 0.717) is 32.1 Å². The molecule has 27 heavy (non-hydrogen) atoms. The lowest BCUT2D eigenvalue weighted by Gasteiger charge is -2.10. The first kappa shape index (κ1) is 19.9. The van der Waals surface area contributed by atoms with Crippen LogP contribution >= 0.6 is 35.0 Å². The molecule has 3 rings (SSSR count). The van der Waals surface area contributed by atoms with Crippen LogP contribution in [0, 0.1) is 0 Å². The zero-order valence-corrected chi connectivity index (χ0v) is 17.3. The van der Waals surface area contributed by atoms with Gasteiger partial charge in [-0.05, 0) is 37.3 Å². The van der Waals surface area contributed by atoms with Crippen LogP contribution in [-0.2, 0) is 10.0 Å². The largest absolute Gasteiger partial charge is 0.293 e. The molecule has 2 aromatic heterocycles. The molecule has 1 N–H and O–H groups in total. The highest BCUT2D eigenvalue weighted by Gasteiger charge is 2.20. The lowest BCUT2D eigenvalue weighted by molar-refractivity contribution is 0.0994. The standard InChI is InChI=1S/C16H14Cl2N4O3S2/c1-9(14(23)10-3-5-12(6-4-10)21-27(2,24)25)26-16-20-19-15-13(18)7-11(17)8-22(15)16/h3-9,21H,1-2H3. The van der Waals surface area contributed by atoms with E-state index >= 15 is 0 Å². The quantitative estimate of drug-likeness (QED) is 0.459. The number of nitrogens with one attached hydrogen (secondary N) is 1. The Labute approximate surface area is 170 Å². The SMILES string of the molecule is CC(Sc1nnc2c(Cl)cc(Cl)cn12)C(=O)c1ccc(NS(C)(=O)=O)cc1. The molecule has 3 aromatic rings. The van der Waals surface area contributed by atoms with Gasteiger partial charge in [0.1, 0.15) is 0 Å². The van der Waals surface area contributed by atoms with Gasteiger partial charge in [0.15, 0.2) is 16.6 Å². The fourth-order valence-electron chi connectivity index (χ4n) is 2.35. The number of benzene rings is 1. The summed E-state index contributed by atoms with van der Waals surface area (Å²) in [5, 5.41) is 8.93. The topological polar surface area (TPSA) is 93.4 Å². The van der Waals surface area contributed by atoms with Gasteiger partial charge in [0.05, 0.1) is 21.6 Å². The molecule has 2 heterocycles. The van der Waals surface area contributed by atoms with Crippen molar-refractivity contribution in [2.75, 3.05) is 11.0 Å². The van der Waals surface area contributed by atoms with Gasteiger partial charge in [-0.1, -0.05) is 35.0 Å². The minimum atomic E-state index is -3.37. The van der Waals surface area contributed by atoms with Gasteiger partial charge in [-0.15, -0.1) is 10.2 Å². The van der Waals surface area contributed by atoms with Crippen LogP contribution < -0.4 is 4.72 Å². The van der Waals surface area contributed by atoms with E-state index in [4.69, 9.17) is 23.2 Å².